The molecular formula is C13H15NO2S. The van der Waals surface area contributed by atoms with Gasteiger partial charge in [-0.25, -0.2) is 4.99 Å². The van der Waals surface area contributed by atoms with Gasteiger partial charge < -0.3 is 5.11 Å². The summed E-state index contributed by atoms with van der Waals surface area (Å²) in [5.74, 6) is 0.351. The largest absolute Gasteiger partial charge is 0.365 e. The molecule has 0 spiro atoms. The molecule has 3 nitrogen and oxygen atoms in total. The molecule has 2 atom stereocenters. The maximum Gasteiger partial charge on any atom is 0.191 e. The molecule has 1 aromatic rings. The zero-order chi connectivity index (χ0) is 12.5. The first-order chi connectivity index (χ1) is 8.07. The van der Waals surface area contributed by atoms with Crippen LogP contribution >= 0.6 is 10.5 Å². The van der Waals surface area contributed by atoms with E-state index in [4.69, 9.17) is 0 Å². The Labute approximate surface area is 103 Å². The Kier molecular flexibility index (Phi) is 3.26. The molecule has 0 radical (unpaired) electrons. The first kappa shape index (κ1) is 12.2. The zero-order valence-electron chi connectivity index (χ0n) is 9.88. The molecule has 1 aromatic carbocycles. The fraction of sp³-hybridized carbons (Fsp3) is 0.308. The van der Waals surface area contributed by atoms with Crippen molar-refractivity contribution in [2.24, 2.45) is 4.99 Å². The van der Waals surface area contributed by atoms with Crippen LogP contribution in [0.25, 0.3) is 0 Å². The van der Waals surface area contributed by atoms with Crippen LogP contribution in [-0.2, 0) is 10.5 Å². The summed E-state index contributed by atoms with van der Waals surface area (Å²) in [6, 6.07) is 9.29. The van der Waals surface area contributed by atoms with Gasteiger partial charge >= 0.3 is 0 Å². The van der Waals surface area contributed by atoms with Crippen LogP contribution in [0.4, 0.5) is 0 Å². The molecule has 2 unspecified atom stereocenters. The summed E-state index contributed by atoms with van der Waals surface area (Å²) >= 11 is 0. The van der Waals surface area contributed by atoms with Crippen molar-refractivity contribution in [3.63, 3.8) is 0 Å². The van der Waals surface area contributed by atoms with Gasteiger partial charge in [0.1, 0.15) is 0 Å². The van der Waals surface area contributed by atoms with Gasteiger partial charge in [0.15, 0.2) is 11.3 Å². The Morgan fingerprint density at radius 2 is 2.00 bits per heavy atom. The molecule has 0 aliphatic carbocycles. The molecule has 2 rings (SSSR count). The number of hydrogen-bond acceptors (Lipinski definition) is 3. The van der Waals surface area contributed by atoms with E-state index in [0.29, 0.717) is 5.75 Å². The second-order valence-electron chi connectivity index (χ2n) is 4.11. The lowest BCUT2D eigenvalue weighted by Gasteiger charge is -2.30. The monoisotopic (exact) mass is 249 g/mol. The first-order valence-corrected chi connectivity index (χ1v) is 6.86. The molecule has 0 saturated carbocycles. The minimum atomic E-state index is -1.26. The van der Waals surface area contributed by atoms with Crippen LogP contribution in [0, 0.1) is 0 Å². The Balaban J connectivity index is 2.47. The predicted octanol–water partition coefficient (Wildman–Crippen LogP) is 1.96. The Morgan fingerprint density at radius 1 is 1.35 bits per heavy atom. The second-order valence-corrected chi connectivity index (χ2v) is 6.06. The third kappa shape index (κ3) is 2.23. The number of aliphatic imine (C=N–C) groups is 1. The summed E-state index contributed by atoms with van der Waals surface area (Å²) in [4.78, 5) is 16.4. The Bertz CT molecular complexity index is 507. The van der Waals surface area contributed by atoms with Crippen LogP contribution in [0.1, 0.15) is 19.4 Å². The second kappa shape index (κ2) is 4.55. The van der Waals surface area contributed by atoms with Gasteiger partial charge in [-0.15, -0.1) is 10.5 Å². The van der Waals surface area contributed by atoms with Crippen molar-refractivity contribution >= 4 is 26.7 Å². The van der Waals surface area contributed by atoms with Gasteiger partial charge in [-0.2, -0.15) is 0 Å². The summed E-state index contributed by atoms with van der Waals surface area (Å²) in [5.41, 5.74) is 1.17. The fourth-order valence-electron chi connectivity index (χ4n) is 1.86. The van der Waals surface area contributed by atoms with Crippen molar-refractivity contribution < 1.29 is 9.90 Å². The third-order valence-corrected chi connectivity index (χ3v) is 4.99. The van der Waals surface area contributed by atoms with Crippen LogP contribution in [0.3, 0.4) is 0 Å². The highest BCUT2D eigenvalue weighted by molar-refractivity contribution is 8.27. The number of carbonyl (C=O) groups excluding carboxylic acids is 1. The van der Waals surface area contributed by atoms with Gasteiger partial charge in [-0.1, -0.05) is 30.3 Å². The summed E-state index contributed by atoms with van der Waals surface area (Å²) in [5, 5.41) is 10.6. The highest BCUT2D eigenvalue weighted by Gasteiger charge is 2.33. The standard InChI is InChI=1S/C13H15NO2S/c1-10-11(2)17(9-15)8-13(16,14-10)12-6-4-3-5-7-12/h3-7,9,16H,8H2,1-2H3. The van der Waals surface area contributed by atoms with Crippen molar-refractivity contribution in [1.82, 2.24) is 0 Å². The summed E-state index contributed by atoms with van der Waals surface area (Å²) < 4.78 is 0. The van der Waals surface area contributed by atoms with Gasteiger partial charge in [-0.05, 0) is 13.8 Å². The van der Waals surface area contributed by atoms with Crippen molar-refractivity contribution in [2.45, 2.75) is 19.6 Å². The Hall–Kier alpha value is -1.26. The van der Waals surface area contributed by atoms with E-state index in [2.05, 4.69) is 4.99 Å². The number of benzene rings is 1. The van der Waals surface area contributed by atoms with Crippen molar-refractivity contribution in [1.29, 1.82) is 0 Å². The van der Waals surface area contributed by atoms with E-state index in [0.717, 1.165) is 21.8 Å². The molecule has 90 valence electrons. The molecule has 0 aromatic heterocycles. The van der Waals surface area contributed by atoms with Crippen LogP contribution in [0.5, 0.6) is 0 Å². The molecule has 0 bridgehead atoms. The van der Waals surface area contributed by atoms with Crippen molar-refractivity contribution in [3.05, 3.63) is 35.9 Å². The van der Waals surface area contributed by atoms with E-state index >= 15 is 0 Å². The summed E-state index contributed by atoms with van der Waals surface area (Å²) in [6.07, 6.45) is 0. The van der Waals surface area contributed by atoms with Crippen molar-refractivity contribution in [2.75, 3.05) is 5.75 Å². The third-order valence-electron chi connectivity index (χ3n) is 2.96. The summed E-state index contributed by atoms with van der Waals surface area (Å²) in [7, 11) is -0.541. The van der Waals surface area contributed by atoms with Gasteiger partial charge in [0.2, 0.25) is 0 Å². The van der Waals surface area contributed by atoms with E-state index in [1.165, 1.54) is 0 Å². The zero-order valence-corrected chi connectivity index (χ0v) is 10.7. The van der Waals surface area contributed by atoms with Crippen molar-refractivity contribution in [3.8, 4) is 0 Å². The SMILES string of the molecule is CC1=NC(O)(c2ccccc2)CS(C=O)=C1C. The number of carbonyl (C=O) groups is 1. The highest BCUT2D eigenvalue weighted by atomic mass is 32.2. The van der Waals surface area contributed by atoms with E-state index in [1.807, 2.05) is 44.2 Å². The predicted molar refractivity (Wildman–Crippen MR) is 73.3 cm³/mol. The normalized spacial score (nSPS) is 28.8. The van der Waals surface area contributed by atoms with E-state index in [-0.39, 0.29) is 0 Å². The van der Waals surface area contributed by atoms with Gasteiger partial charge in [-0.3, -0.25) is 4.79 Å². The number of rotatable bonds is 2. The lowest BCUT2D eigenvalue weighted by atomic mass is 10.0. The molecule has 0 saturated heterocycles. The molecule has 1 aliphatic heterocycles. The van der Waals surface area contributed by atoms with Gasteiger partial charge in [0, 0.05) is 21.9 Å². The average molecular weight is 249 g/mol. The quantitative estimate of drug-likeness (QED) is 0.643. The molecule has 1 aliphatic rings. The smallest absolute Gasteiger partial charge is 0.191 e. The molecule has 1 N–H and O–H groups in total. The van der Waals surface area contributed by atoms with E-state index < -0.39 is 16.2 Å². The lowest BCUT2D eigenvalue weighted by molar-refractivity contribution is 0.0729. The number of nitrogens with zero attached hydrogens (tertiary/aromatic N) is 1. The van der Waals surface area contributed by atoms with Gasteiger partial charge in [0.25, 0.3) is 0 Å². The molecule has 0 amide bonds. The molecule has 4 heteroatoms. The fourth-order valence-corrected chi connectivity index (χ4v) is 3.38. The lowest BCUT2D eigenvalue weighted by Crippen LogP contribution is -2.34. The molecular weight excluding hydrogens is 234 g/mol. The van der Waals surface area contributed by atoms with Crippen LogP contribution in [0.15, 0.2) is 35.3 Å². The van der Waals surface area contributed by atoms with E-state index in [9.17, 15) is 9.90 Å². The van der Waals surface area contributed by atoms with Crippen LogP contribution in [0.2, 0.25) is 0 Å². The molecule has 1 heterocycles. The number of aliphatic hydroxyl groups is 1. The Morgan fingerprint density at radius 3 is 2.59 bits per heavy atom. The molecule has 0 fully saturated rings. The number of hydrogen-bond donors (Lipinski definition) is 1. The van der Waals surface area contributed by atoms with Gasteiger partial charge in [0.05, 0.1) is 0 Å². The minimum absolute atomic E-state index is 0.351. The van der Waals surface area contributed by atoms with Crippen LogP contribution in [-0.4, -0.2) is 27.1 Å². The van der Waals surface area contributed by atoms with E-state index in [1.54, 1.807) is 0 Å². The molecule has 17 heavy (non-hydrogen) atoms. The minimum Gasteiger partial charge on any atom is -0.365 e. The average Bonchev–Trinajstić information content (AvgIpc) is 2.35. The maximum atomic E-state index is 11.1. The topological polar surface area (TPSA) is 49.7 Å². The maximum absolute atomic E-state index is 11.1. The highest BCUT2D eigenvalue weighted by Crippen LogP contribution is 2.33. The first-order valence-electron chi connectivity index (χ1n) is 5.40. The van der Waals surface area contributed by atoms with Crippen LogP contribution < -0.4 is 0 Å². The summed E-state index contributed by atoms with van der Waals surface area (Å²) in [6.45, 7) is 3.74.